The molecule has 1 aliphatic rings. The van der Waals surface area contributed by atoms with E-state index in [1.807, 2.05) is 6.07 Å². The fourth-order valence-corrected chi connectivity index (χ4v) is 2.39. The van der Waals surface area contributed by atoms with Crippen molar-refractivity contribution in [3.05, 3.63) is 34.4 Å². The molecule has 1 aliphatic carbocycles. The summed E-state index contributed by atoms with van der Waals surface area (Å²) >= 11 is 0. The minimum absolute atomic E-state index is 0.130. The number of benzene rings is 1. The van der Waals surface area contributed by atoms with Gasteiger partial charge >= 0.3 is 0 Å². The molecule has 1 saturated carbocycles. The van der Waals surface area contributed by atoms with Crippen molar-refractivity contribution in [2.24, 2.45) is 0 Å². The summed E-state index contributed by atoms with van der Waals surface area (Å²) in [7, 11) is 1.75. The Balaban J connectivity index is 1.94. The highest BCUT2D eigenvalue weighted by Gasteiger charge is 2.20. The first-order chi connectivity index (χ1) is 8.69. The standard InChI is InChI=1S/C13H18N2O3/c1-18-13-7-5-10(6-8-13)14-11-3-2-4-12(9-11)15(16)17/h2-4,9-10,13-14H,5-8H2,1H3. The molecular formula is C13H18N2O3. The van der Waals surface area contributed by atoms with Crippen molar-refractivity contribution in [3.63, 3.8) is 0 Å². The molecule has 98 valence electrons. The van der Waals surface area contributed by atoms with Crippen LogP contribution in [-0.4, -0.2) is 24.2 Å². The first kappa shape index (κ1) is 12.8. The van der Waals surface area contributed by atoms with Gasteiger partial charge in [-0.25, -0.2) is 0 Å². The van der Waals surface area contributed by atoms with Gasteiger partial charge in [0.2, 0.25) is 0 Å². The Hall–Kier alpha value is -1.62. The number of non-ortho nitro benzene ring substituents is 1. The van der Waals surface area contributed by atoms with Crippen molar-refractivity contribution < 1.29 is 9.66 Å². The lowest BCUT2D eigenvalue weighted by Crippen LogP contribution is -2.29. The number of nitro benzene ring substituents is 1. The van der Waals surface area contributed by atoms with Crippen LogP contribution in [0, 0.1) is 10.1 Å². The number of methoxy groups -OCH3 is 1. The molecule has 0 radical (unpaired) electrons. The van der Waals surface area contributed by atoms with E-state index in [0.717, 1.165) is 31.4 Å². The van der Waals surface area contributed by atoms with Gasteiger partial charge in [-0.2, -0.15) is 0 Å². The Labute approximate surface area is 106 Å². The normalized spacial score (nSPS) is 23.6. The monoisotopic (exact) mass is 250 g/mol. The second kappa shape index (κ2) is 5.82. The van der Waals surface area contributed by atoms with Gasteiger partial charge in [0.15, 0.2) is 0 Å². The van der Waals surface area contributed by atoms with E-state index in [1.54, 1.807) is 19.2 Å². The van der Waals surface area contributed by atoms with E-state index in [0.29, 0.717) is 12.1 Å². The zero-order valence-corrected chi connectivity index (χ0v) is 10.5. The topological polar surface area (TPSA) is 64.4 Å². The van der Waals surface area contributed by atoms with Gasteiger partial charge in [0.05, 0.1) is 11.0 Å². The summed E-state index contributed by atoms with van der Waals surface area (Å²) in [4.78, 5) is 10.3. The van der Waals surface area contributed by atoms with Crippen LogP contribution in [0.15, 0.2) is 24.3 Å². The molecule has 0 saturated heterocycles. The first-order valence-electron chi connectivity index (χ1n) is 6.23. The van der Waals surface area contributed by atoms with Gasteiger partial charge in [0.25, 0.3) is 5.69 Å². The number of nitrogens with one attached hydrogen (secondary N) is 1. The molecule has 0 bridgehead atoms. The van der Waals surface area contributed by atoms with E-state index in [9.17, 15) is 10.1 Å². The van der Waals surface area contributed by atoms with Gasteiger partial charge in [-0.1, -0.05) is 6.07 Å². The summed E-state index contributed by atoms with van der Waals surface area (Å²) in [5, 5.41) is 14.0. The Morgan fingerprint density at radius 3 is 2.67 bits per heavy atom. The average molecular weight is 250 g/mol. The van der Waals surface area contributed by atoms with Crippen LogP contribution in [0.25, 0.3) is 0 Å². The van der Waals surface area contributed by atoms with Crippen molar-refractivity contribution >= 4 is 11.4 Å². The summed E-state index contributed by atoms with van der Waals surface area (Å²) in [6.07, 6.45) is 4.54. The van der Waals surface area contributed by atoms with Gasteiger partial charge in [-0.15, -0.1) is 0 Å². The van der Waals surface area contributed by atoms with Crippen LogP contribution >= 0.6 is 0 Å². The summed E-state index contributed by atoms with van der Waals surface area (Å²) in [5.41, 5.74) is 0.954. The molecule has 1 fully saturated rings. The predicted molar refractivity (Wildman–Crippen MR) is 69.8 cm³/mol. The maximum absolute atomic E-state index is 10.7. The number of nitro groups is 1. The van der Waals surface area contributed by atoms with Crippen LogP contribution in [0.2, 0.25) is 0 Å². The lowest BCUT2D eigenvalue weighted by Gasteiger charge is -2.28. The predicted octanol–water partition coefficient (Wildman–Crippen LogP) is 2.96. The molecule has 1 aromatic rings. The zero-order chi connectivity index (χ0) is 13.0. The SMILES string of the molecule is COC1CCC(Nc2cccc([N+](=O)[O-])c2)CC1. The van der Waals surface area contributed by atoms with E-state index in [1.165, 1.54) is 6.07 Å². The molecule has 18 heavy (non-hydrogen) atoms. The highest BCUT2D eigenvalue weighted by molar-refractivity contribution is 5.51. The fourth-order valence-electron chi connectivity index (χ4n) is 2.39. The molecular weight excluding hydrogens is 232 g/mol. The number of hydrogen-bond acceptors (Lipinski definition) is 4. The minimum atomic E-state index is -0.368. The number of anilines is 1. The van der Waals surface area contributed by atoms with Crippen molar-refractivity contribution in [3.8, 4) is 0 Å². The summed E-state index contributed by atoms with van der Waals surface area (Å²) < 4.78 is 5.32. The van der Waals surface area contributed by atoms with Gasteiger partial charge in [0, 0.05) is 31.0 Å². The Morgan fingerprint density at radius 1 is 1.33 bits per heavy atom. The molecule has 0 atom stereocenters. The molecule has 1 N–H and O–H groups in total. The highest BCUT2D eigenvalue weighted by atomic mass is 16.6. The third kappa shape index (κ3) is 3.20. The maximum Gasteiger partial charge on any atom is 0.271 e. The molecule has 0 aliphatic heterocycles. The molecule has 5 nitrogen and oxygen atoms in total. The van der Waals surface area contributed by atoms with Crippen LogP contribution in [0.5, 0.6) is 0 Å². The number of rotatable bonds is 4. The maximum atomic E-state index is 10.7. The summed E-state index contributed by atoms with van der Waals surface area (Å²) in [5.74, 6) is 0. The van der Waals surface area contributed by atoms with Crippen LogP contribution in [-0.2, 0) is 4.74 Å². The second-order valence-electron chi connectivity index (χ2n) is 4.66. The third-order valence-electron chi connectivity index (χ3n) is 3.44. The minimum Gasteiger partial charge on any atom is -0.382 e. The molecule has 0 aromatic heterocycles. The van der Waals surface area contributed by atoms with E-state index in [-0.39, 0.29) is 10.6 Å². The number of hydrogen-bond donors (Lipinski definition) is 1. The molecule has 0 amide bonds. The van der Waals surface area contributed by atoms with Crippen molar-refractivity contribution in [2.45, 2.75) is 37.8 Å². The molecule has 0 heterocycles. The van der Waals surface area contributed by atoms with Crippen LogP contribution in [0.3, 0.4) is 0 Å². The van der Waals surface area contributed by atoms with E-state index in [4.69, 9.17) is 4.74 Å². The lowest BCUT2D eigenvalue weighted by atomic mass is 9.93. The van der Waals surface area contributed by atoms with Crippen LogP contribution < -0.4 is 5.32 Å². The number of nitrogens with zero attached hydrogens (tertiary/aromatic N) is 1. The van der Waals surface area contributed by atoms with E-state index < -0.39 is 0 Å². The van der Waals surface area contributed by atoms with Crippen molar-refractivity contribution in [2.75, 3.05) is 12.4 Å². The zero-order valence-electron chi connectivity index (χ0n) is 10.5. The van der Waals surface area contributed by atoms with E-state index >= 15 is 0 Å². The first-order valence-corrected chi connectivity index (χ1v) is 6.23. The van der Waals surface area contributed by atoms with Crippen LogP contribution in [0.4, 0.5) is 11.4 Å². The Kier molecular flexibility index (Phi) is 4.15. The Bertz CT molecular complexity index is 414. The van der Waals surface area contributed by atoms with Gasteiger partial charge in [-0.05, 0) is 31.7 Å². The molecule has 0 spiro atoms. The average Bonchev–Trinajstić information content (AvgIpc) is 2.40. The van der Waals surface area contributed by atoms with Crippen molar-refractivity contribution in [1.82, 2.24) is 0 Å². The Morgan fingerprint density at radius 2 is 2.06 bits per heavy atom. The van der Waals surface area contributed by atoms with Gasteiger partial charge < -0.3 is 10.1 Å². The molecule has 0 unspecified atom stereocenters. The summed E-state index contributed by atoms with van der Waals surface area (Å²) in [6.45, 7) is 0. The van der Waals surface area contributed by atoms with E-state index in [2.05, 4.69) is 5.32 Å². The van der Waals surface area contributed by atoms with Gasteiger partial charge in [-0.3, -0.25) is 10.1 Å². The fraction of sp³-hybridized carbons (Fsp3) is 0.538. The summed E-state index contributed by atoms with van der Waals surface area (Å²) in [6, 6.07) is 7.06. The molecule has 1 aromatic carbocycles. The highest BCUT2D eigenvalue weighted by Crippen LogP contribution is 2.25. The third-order valence-corrected chi connectivity index (χ3v) is 3.44. The second-order valence-corrected chi connectivity index (χ2v) is 4.66. The molecule has 5 heteroatoms. The molecule has 2 rings (SSSR count). The number of ether oxygens (including phenoxy) is 1. The lowest BCUT2D eigenvalue weighted by molar-refractivity contribution is -0.384. The largest absolute Gasteiger partial charge is 0.382 e. The van der Waals surface area contributed by atoms with Crippen molar-refractivity contribution in [1.29, 1.82) is 0 Å². The van der Waals surface area contributed by atoms with Crippen LogP contribution in [0.1, 0.15) is 25.7 Å². The van der Waals surface area contributed by atoms with Gasteiger partial charge in [0.1, 0.15) is 0 Å². The smallest absolute Gasteiger partial charge is 0.271 e. The quantitative estimate of drug-likeness (QED) is 0.659.